The lowest BCUT2D eigenvalue weighted by atomic mass is 10.2. The van der Waals surface area contributed by atoms with Gasteiger partial charge >= 0.3 is 0 Å². The van der Waals surface area contributed by atoms with Gasteiger partial charge in [0.25, 0.3) is 0 Å². The molecule has 3 atom stereocenters. The molecule has 0 radical (unpaired) electrons. The molecule has 2 rings (SSSR count). The summed E-state index contributed by atoms with van der Waals surface area (Å²) in [5.74, 6) is -1.13. The number of hydrogen-bond acceptors (Lipinski definition) is 7. The van der Waals surface area contributed by atoms with Gasteiger partial charge in [-0.1, -0.05) is 0 Å². The summed E-state index contributed by atoms with van der Waals surface area (Å²) in [7, 11) is 0. The Labute approximate surface area is 124 Å². The van der Waals surface area contributed by atoms with Crippen LogP contribution < -0.4 is 11.5 Å². The summed E-state index contributed by atoms with van der Waals surface area (Å²) in [6.45, 7) is -0.200. The molecular formula is C12H17F2N5O3. The molecule has 0 fully saturated rings. The molecule has 2 aromatic heterocycles. The summed E-state index contributed by atoms with van der Waals surface area (Å²) in [6, 6.07) is 0. The van der Waals surface area contributed by atoms with E-state index in [9.17, 15) is 13.9 Å². The van der Waals surface area contributed by atoms with Crippen molar-refractivity contribution in [1.82, 2.24) is 14.5 Å². The number of anilines is 2. The fourth-order valence-electron chi connectivity index (χ4n) is 2.05. The number of nitrogens with zero attached hydrogens (tertiary/aromatic N) is 3. The maximum absolute atomic E-state index is 14.0. The first-order valence-electron chi connectivity index (χ1n) is 6.48. The van der Waals surface area contributed by atoms with Gasteiger partial charge in [-0.3, -0.25) is 0 Å². The van der Waals surface area contributed by atoms with Crippen molar-refractivity contribution in [2.45, 2.75) is 25.4 Å². The standard InChI is InChI=1S/C12H17F2N5O3/c1-5(21)7(4-20)22-8(2-13)19-3-6(14)9-10(15)17-12(16)18-11(9)19/h3,5,7-8,20-21H,2,4H2,1H3,(H4,15,16,17,18)/t5-,7+,8+/m0/s1. The van der Waals surface area contributed by atoms with Crippen LogP contribution in [0.5, 0.6) is 0 Å². The molecular weight excluding hydrogens is 300 g/mol. The number of alkyl halides is 1. The van der Waals surface area contributed by atoms with Crippen molar-refractivity contribution >= 4 is 22.8 Å². The number of nitrogens with two attached hydrogens (primary N) is 2. The Morgan fingerprint density at radius 1 is 1.41 bits per heavy atom. The zero-order valence-corrected chi connectivity index (χ0v) is 11.8. The fraction of sp³-hybridized carbons (Fsp3) is 0.500. The predicted molar refractivity (Wildman–Crippen MR) is 75.0 cm³/mol. The molecule has 0 spiro atoms. The Morgan fingerprint density at radius 2 is 2.09 bits per heavy atom. The second-order valence-electron chi connectivity index (χ2n) is 4.76. The van der Waals surface area contributed by atoms with Crippen LogP contribution in [0.2, 0.25) is 0 Å². The Hall–Kier alpha value is -2.04. The van der Waals surface area contributed by atoms with E-state index >= 15 is 0 Å². The van der Waals surface area contributed by atoms with E-state index in [2.05, 4.69) is 9.97 Å². The minimum atomic E-state index is -1.31. The summed E-state index contributed by atoms with van der Waals surface area (Å²) >= 11 is 0. The average Bonchev–Trinajstić information content (AvgIpc) is 2.76. The number of hydrogen-bond donors (Lipinski definition) is 4. The third-order valence-electron chi connectivity index (χ3n) is 3.16. The molecule has 122 valence electrons. The Kier molecular flexibility index (Phi) is 4.74. The van der Waals surface area contributed by atoms with Gasteiger partial charge in [-0.15, -0.1) is 0 Å². The van der Waals surface area contributed by atoms with Gasteiger partial charge < -0.3 is 31.0 Å². The predicted octanol–water partition coefficient (Wildman–Crippen LogP) is -0.0388. The van der Waals surface area contributed by atoms with Gasteiger partial charge in [0, 0.05) is 6.20 Å². The van der Waals surface area contributed by atoms with Gasteiger partial charge in [-0.2, -0.15) is 9.97 Å². The van der Waals surface area contributed by atoms with Gasteiger partial charge in [0.2, 0.25) is 5.95 Å². The Bertz CT molecular complexity index is 664. The smallest absolute Gasteiger partial charge is 0.223 e. The number of aromatic nitrogens is 3. The number of halogens is 2. The van der Waals surface area contributed by atoms with Crippen molar-refractivity contribution in [1.29, 1.82) is 0 Å². The highest BCUT2D eigenvalue weighted by atomic mass is 19.1. The molecule has 8 nitrogen and oxygen atoms in total. The van der Waals surface area contributed by atoms with E-state index in [1.165, 1.54) is 6.92 Å². The normalized spacial score (nSPS) is 15.9. The Morgan fingerprint density at radius 3 is 2.64 bits per heavy atom. The molecule has 0 saturated heterocycles. The van der Waals surface area contributed by atoms with Crippen LogP contribution in [0.1, 0.15) is 13.2 Å². The summed E-state index contributed by atoms with van der Waals surface area (Å²) in [5.41, 5.74) is 11.0. The molecule has 10 heteroatoms. The highest BCUT2D eigenvalue weighted by molar-refractivity contribution is 5.88. The van der Waals surface area contributed by atoms with Gasteiger partial charge in [0.15, 0.2) is 17.7 Å². The summed E-state index contributed by atoms with van der Waals surface area (Å²) in [4.78, 5) is 7.49. The quantitative estimate of drug-likeness (QED) is 0.587. The number of nitrogen functional groups attached to an aromatic ring is 2. The van der Waals surface area contributed by atoms with Crippen LogP contribution in [-0.2, 0) is 4.74 Å². The molecule has 2 heterocycles. The van der Waals surface area contributed by atoms with E-state index in [0.717, 1.165) is 10.8 Å². The summed E-state index contributed by atoms with van der Waals surface area (Å²) in [6.07, 6.45) is -2.45. The summed E-state index contributed by atoms with van der Waals surface area (Å²) < 4.78 is 33.6. The SMILES string of the molecule is C[C@H](O)[C@@H](CO)O[C@H](CF)n1cc(F)c2c(N)nc(N)nc21. The molecule has 0 amide bonds. The number of ether oxygens (including phenoxy) is 1. The topological polar surface area (TPSA) is 132 Å². The maximum atomic E-state index is 14.0. The molecule has 2 aromatic rings. The van der Waals surface area contributed by atoms with Crippen molar-refractivity contribution in [3.05, 3.63) is 12.0 Å². The number of aliphatic hydroxyl groups excluding tert-OH is 2. The van der Waals surface area contributed by atoms with E-state index in [1.807, 2.05) is 0 Å². The lowest BCUT2D eigenvalue weighted by Gasteiger charge is -2.24. The second-order valence-corrected chi connectivity index (χ2v) is 4.76. The number of rotatable bonds is 6. The van der Waals surface area contributed by atoms with E-state index in [0.29, 0.717) is 0 Å². The van der Waals surface area contributed by atoms with E-state index in [4.69, 9.17) is 21.3 Å². The third-order valence-corrected chi connectivity index (χ3v) is 3.16. The third kappa shape index (κ3) is 2.93. The van der Waals surface area contributed by atoms with E-state index in [1.54, 1.807) is 0 Å². The zero-order chi connectivity index (χ0) is 16.4. The van der Waals surface area contributed by atoms with Crippen LogP contribution in [0.4, 0.5) is 20.5 Å². The summed E-state index contributed by atoms with van der Waals surface area (Å²) in [5, 5.41) is 18.5. The highest BCUT2D eigenvalue weighted by Gasteiger charge is 2.25. The molecule has 0 bridgehead atoms. The van der Waals surface area contributed by atoms with Crippen LogP contribution in [-0.4, -0.2) is 50.2 Å². The van der Waals surface area contributed by atoms with Crippen molar-refractivity contribution < 1.29 is 23.7 Å². The van der Waals surface area contributed by atoms with Crippen LogP contribution in [0, 0.1) is 5.82 Å². The molecule has 0 aromatic carbocycles. The molecule has 0 aliphatic heterocycles. The van der Waals surface area contributed by atoms with Gasteiger partial charge in [-0.25, -0.2) is 8.78 Å². The lowest BCUT2D eigenvalue weighted by molar-refractivity contribution is -0.123. The average molecular weight is 317 g/mol. The van der Waals surface area contributed by atoms with Crippen LogP contribution >= 0.6 is 0 Å². The van der Waals surface area contributed by atoms with Crippen molar-refractivity contribution in [3.8, 4) is 0 Å². The largest absolute Gasteiger partial charge is 0.394 e. The van der Waals surface area contributed by atoms with Crippen molar-refractivity contribution in [3.63, 3.8) is 0 Å². The van der Waals surface area contributed by atoms with Gasteiger partial charge in [-0.05, 0) is 6.92 Å². The minimum absolute atomic E-state index is 0.0348. The molecule has 0 aliphatic carbocycles. The van der Waals surface area contributed by atoms with Crippen molar-refractivity contribution in [2.24, 2.45) is 0 Å². The molecule has 0 unspecified atom stereocenters. The molecule has 22 heavy (non-hydrogen) atoms. The monoisotopic (exact) mass is 317 g/mol. The molecule has 6 N–H and O–H groups in total. The molecule has 0 aliphatic rings. The second kappa shape index (κ2) is 6.38. The van der Waals surface area contributed by atoms with Gasteiger partial charge in [0.05, 0.1) is 18.1 Å². The first-order valence-corrected chi connectivity index (χ1v) is 6.48. The first kappa shape index (κ1) is 16.3. The highest BCUT2D eigenvalue weighted by Crippen LogP contribution is 2.28. The zero-order valence-electron chi connectivity index (χ0n) is 11.8. The van der Waals surface area contributed by atoms with E-state index in [-0.39, 0.29) is 22.8 Å². The van der Waals surface area contributed by atoms with Crippen LogP contribution in [0.15, 0.2) is 6.20 Å². The molecule has 0 saturated carbocycles. The number of aliphatic hydroxyl groups is 2. The van der Waals surface area contributed by atoms with Crippen LogP contribution in [0.25, 0.3) is 11.0 Å². The number of fused-ring (bicyclic) bond motifs is 1. The first-order chi connectivity index (χ1) is 10.4. The van der Waals surface area contributed by atoms with E-state index < -0.39 is 37.5 Å². The van der Waals surface area contributed by atoms with Crippen molar-refractivity contribution in [2.75, 3.05) is 24.7 Å². The fourth-order valence-corrected chi connectivity index (χ4v) is 2.05. The lowest BCUT2D eigenvalue weighted by Crippen LogP contribution is -2.33. The van der Waals surface area contributed by atoms with Gasteiger partial charge in [0.1, 0.15) is 18.6 Å². The Balaban J connectivity index is 2.47. The minimum Gasteiger partial charge on any atom is -0.394 e. The maximum Gasteiger partial charge on any atom is 0.223 e. The van der Waals surface area contributed by atoms with Crippen LogP contribution in [0.3, 0.4) is 0 Å².